The van der Waals surface area contributed by atoms with E-state index in [-0.39, 0.29) is 6.04 Å². The lowest BCUT2D eigenvalue weighted by atomic mass is 9.89. The summed E-state index contributed by atoms with van der Waals surface area (Å²) in [7, 11) is 0. The van der Waals surface area contributed by atoms with E-state index in [0.29, 0.717) is 11.8 Å². The highest BCUT2D eigenvalue weighted by atomic mass is 32.1. The summed E-state index contributed by atoms with van der Waals surface area (Å²) in [6.07, 6.45) is 6.19. The Labute approximate surface area is 116 Å². The molecular weight excluding hydrogens is 260 g/mol. The lowest BCUT2D eigenvalue weighted by Gasteiger charge is -2.17. The van der Waals surface area contributed by atoms with Crippen molar-refractivity contribution < 1.29 is 4.52 Å². The summed E-state index contributed by atoms with van der Waals surface area (Å²) in [5.74, 6) is 1.81. The van der Waals surface area contributed by atoms with E-state index in [0.717, 1.165) is 16.5 Å². The quantitative estimate of drug-likeness (QED) is 0.932. The second kappa shape index (κ2) is 5.38. The van der Waals surface area contributed by atoms with Crippen LogP contribution in [0, 0.1) is 0 Å². The summed E-state index contributed by atoms with van der Waals surface area (Å²) in [4.78, 5) is 8.94. The smallest absolute Gasteiger partial charge is 0.277 e. The Hall–Kier alpha value is -1.27. The molecule has 102 valence electrons. The molecule has 1 saturated carbocycles. The van der Waals surface area contributed by atoms with Crippen LogP contribution in [-0.4, -0.2) is 15.1 Å². The molecule has 0 spiro atoms. The second-order valence-corrected chi connectivity index (χ2v) is 6.04. The van der Waals surface area contributed by atoms with Gasteiger partial charge in [-0.15, -0.1) is 11.3 Å². The predicted octanol–water partition coefficient (Wildman–Crippen LogP) is 3.26. The van der Waals surface area contributed by atoms with Crippen molar-refractivity contribution in [1.29, 1.82) is 0 Å². The molecule has 2 heterocycles. The first-order chi connectivity index (χ1) is 9.24. The molecule has 2 aromatic heterocycles. The molecule has 0 aromatic carbocycles. The average molecular weight is 278 g/mol. The van der Waals surface area contributed by atoms with Crippen LogP contribution in [0.25, 0.3) is 11.6 Å². The topological polar surface area (TPSA) is 77.8 Å². The van der Waals surface area contributed by atoms with Gasteiger partial charge in [0.2, 0.25) is 0 Å². The highest BCUT2D eigenvalue weighted by Gasteiger charge is 2.22. The van der Waals surface area contributed by atoms with Gasteiger partial charge in [-0.3, -0.25) is 0 Å². The zero-order chi connectivity index (χ0) is 13.2. The Morgan fingerprint density at radius 3 is 2.79 bits per heavy atom. The van der Waals surface area contributed by atoms with Crippen LogP contribution < -0.4 is 5.73 Å². The molecule has 0 aliphatic heterocycles. The molecule has 0 amide bonds. The minimum Gasteiger partial charge on any atom is -0.332 e. The molecule has 1 aliphatic carbocycles. The van der Waals surface area contributed by atoms with Crippen molar-refractivity contribution in [3.63, 3.8) is 0 Å². The summed E-state index contributed by atoms with van der Waals surface area (Å²) in [6, 6.07) is -0.0560. The number of aromatic nitrogens is 3. The Balaban J connectivity index is 1.79. The molecule has 6 heteroatoms. The first-order valence-corrected chi connectivity index (χ1v) is 7.67. The fourth-order valence-electron chi connectivity index (χ4n) is 2.46. The van der Waals surface area contributed by atoms with E-state index in [1.807, 2.05) is 12.3 Å². The van der Waals surface area contributed by atoms with Gasteiger partial charge < -0.3 is 10.3 Å². The van der Waals surface area contributed by atoms with Crippen molar-refractivity contribution in [3.8, 4) is 11.6 Å². The van der Waals surface area contributed by atoms with Gasteiger partial charge in [0.15, 0.2) is 5.82 Å². The fourth-order valence-corrected chi connectivity index (χ4v) is 3.21. The van der Waals surface area contributed by atoms with Gasteiger partial charge in [0, 0.05) is 11.3 Å². The van der Waals surface area contributed by atoms with E-state index in [2.05, 4.69) is 15.1 Å². The van der Waals surface area contributed by atoms with Crippen molar-refractivity contribution >= 4 is 11.3 Å². The van der Waals surface area contributed by atoms with E-state index in [1.54, 1.807) is 0 Å². The monoisotopic (exact) mass is 278 g/mol. The maximum Gasteiger partial charge on any atom is 0.277 e. The van der Waals surface area contributed by atoms with Crippen LogP contribution in [0.5, 0.6) is 0 Å². The van der Waals surface area contributed by atoms with Crippen LogP contribution in [0.3, 0.4) is 0 Å². The normalized spacial score (nSPS) is 18.6. The zero-order valence-corrected chi connectivity index (χ0v) is 11.8. The molecule has 0 radical (unpaired) electrons. The van der Waals surface area contributed by atoms with Gasteiger partial charge in [0.05, 0.1) is 6.04 Å². The molecule has 2 N–H and O–H groups in total. The third-order valence-corrected chi connectivity index (χ3v) is 4.59. The van der Waals surface area contributed by atoms with Gasteiger partial charge in [-0.1, -0.05) is 24.4 Å². The van der Waals surface area contributed by atoms with Crippen molar-refractivity contribution in [2.45, 2.75) is 51.0 Å². The Kier molecular flexibility index (Phi) is 3.61. The van der Waals surface area contributed by atoms with Crippen molar-refractivity contribution in [1.82, 2.24) is 15.1 Å². The maximum absolute atomic E-state index is 5.81. The summed E-state index contributed by atoms with van der Waals surface area (Å²) in [5.41, 5.74) is 6.55. The molecule has 3 rings (SSSR count). The van der Waals surface area contributed by atoms with Gasteiger partial charge in [-0.05, 0) is 19.8 Å². The second-order valence-electron chi connectivity index (χ2n) is 5.15. The van der Waals surface area contributed by atoms with Crippen molar-refractivity contribution in [2.75, 3.05) is 0 Å². The fraction of sp³-hybridized carbons (Fsp3) is 0.615. The third-order valence-electron chi connectivity index (χ3n) is 3.54. The van der Waals surface area contributed by atoms with E-state index >= 15 is 0 Å². The first-order valence-electron chi connectivity index (χ1n) is 6.79. The van der Waals surface area contributed by atoms with Gasteiger partial charge in [0.25, 0.3) is 5.89 Å². The van der Waals surface area contributed by atoms with Gasteiger partial charge in [-0.2, -0.15) is 4.98 Å². The van der Waals surface area contributed by atoms with Crippen molar-refractivity contribution in [3.05, 3.63) is 16.2 Å². The third kappa shape index (κ3) is 2.69. The molecule has 2 aromatic rings. The number of hydrogen-bond donors (Lipinski definition) is 1. The van der Waals surface area contributed by atoms with E-state index in [1.165, 1.54) is 43.4 Å². The largest absolute Gasteiger partial charge is 0.332 e. The number of rotatable bonds is 3. The molecule has 5 nitrogen and oxygen atoms in total. The molecule has 19 heavy (non-hydrogen) atoms. The molecule has 1 aliphatic rings. The van der Waals surface area contributed by atoms with E-state index in [9.17, 15) is 0 Å². The number of thiazole rings is 1. The highest BCUT2D eigenvalue weighted by molar-refractivity contribution is 7.10. The zero-order valence-electron chi connectivity index (χ0n) is 11.0. The van der Waals surface area contributed by atoms with Crippen LogP contribution >= 0.6 is 11.3 Å². The number of nitrogens with two attached hydrogens (primary N) is 1. The SMILES string of the molecule is CC(N)c1nc(-c2nc(C3CCCCC3)no2)cs1. The molecule has 0 bridgehead atoms. The van der Waals surface area contributed by atoms with Gasteiger partial charge in [-0.25, -0.2) is 4.98 Å². The Morgan fingerprint density at radius 2 is 2.11 bits per heavy atom. The Morgan fingerprint density at radius 1 is 1.32 bits per heavy atom. The molecule has 1 unspecified atom stereocenters. The lowest BCUT2D eigenvalue weighted by Crippen LogP contribution is -2.06. The minimum atomic E-state index is -0.0560. The van der Waals surface area contributed by atoms with Crippen LogP contribution in [0.2, 0.25) is 0 Å². The molecular formula is C13H18N4OS. The summed E-state index contributed by atoms with van der Waals surface area (Å²) in [6.45, 7) is 1.92. The van der Waals surface area contributed by atoms with E-state index < -0.39 is 0 Å². The average Bonchev–Trinajstić information content (AvgIpc) is 3.09. The van der Waals surface area contributed by atoms with Crippen LogP contribution in [0.1, 0.15) is 61.8 Å². The van der Waals surface area contributed by atoms with Gasteiger partial charge in [0.1, 0.15) is 10.7 Å². The highest BCUT2D eigenvalue weighted by Crippen LogP contribution is 2.32. The minimum absolute atomic E-state index is 0.0560. The van der Waals surface area contributed by atoms with E-state index in [4.69, 9.17) is 10.3 Å². The number of hydrogen-bond acceptors (Lipinski definition) is 6. The van der Waals surface area contributed by atoms with Crippen LogP contribution in [-0.2, 0) is 0 Å². The summed E-state index contributed by atoms with van der Waals surface area (Å²) in [5, 5.41) is 6.94. The first kappa shape index (κ1) is 12.7. The van der Waals surface area contributed by atoms with Crippen molar-refractivity contribution in [2.24, 2.45) is 5.73 Å². The van der Waals surface area contributed by atoms with Crippen LogP contribution in [0.15, 0.2) is 9.90 Å². The molecule has 0 saturated heterocycles. The standard InChI is InChI=1S/C13H18N4OS/c1-8(14)13-15-10(7-19-13)12-16-11(17-18-12)9-5-3-2-4-6-9/h7-9H,2-6,14H2,1H3. The maximum atomic E-state index is 5.81. The number of nitrogens with zero attached hydrogens (tertiary/aromatic N) is 3. The lowest BCUT2D eigenvalue weighted by molar-refractivity contribution is 0.385. The predicted molar refractivity (Wildman–Crippen MR) is 73.8 cm³/mol. The summed E-state index contributed by atoms with van der Waals surface area (Å²) >= 11 is 1.53. The summed E-state index contributed by atoms with van der Waals surface area (Å²) < 4.78 is 5.34. The van der Waals surface area contributed by atoms with Gasteiger partial charge >= 0.3 is 0 Å². The molecule has 1 fully saturated rings. The Bertz CT molecular complexity index is 542. The molecule has 1 atom stereocenters. The van der Waals surface area contributed by atoms with Crippen LogP contribution in [0.4, 0.5) is 0 Å².